The summed E-state index contributed by atoms with van der Waals surface area (Å²) < 4.78 is 1.90. The van der Waals surface area contributed by atoms with Gasteiger partial charge in [0, 0.05) is 12.7 Å². The minimum atomic E-state index is 0.0273. The van der Waals surface area contributed by atoms with E-state index in [1.54, 1.807) is 6.20 Å². The molecule has 1 atom stereocenters. The summed E-state index contributed by atoms with van der Waals surface area (Å²) in [6.07, 6.45) is 3.78. The van der Waals surface area contributed by atoms with Gasteiger partial charge in [-0.2, -0.15) is 5.10 Å². The Bertz CT molecular complexity index is 737. The van der Waals surface area contributed by atoms with Crippen LogP contribution in [0.3, 0.4) is 0 Å². The number of pyridine rings is 1. The van der Waals surface area contributed by atoms with E-state index in [0.29, 0.717) is 12.2 Å². The van der Waals surface area contributed by atoms with Gasteiger partial charge in [-0.05, 0) is 51.7 Å². The first-order valence-corrected chi connectivity index (χ1v) is 8.08. The number of hydrogen-bond donors (Lipinski definition) is 0. The molecular formula is C17H23N5O. The van der Waals surface area contributed by atoms with E-state index in [1.807, 2.05) is 43.3 Å². The van der Waals surface area contributed by atoms with Crippen molar-refractivity contribution in [2.24, 2.45) is 0 Å². The third-order valence-electron chi connectivity index (χ3n) is 4.40. The molecule has 3 rings (SSSR count). The molecule has 23 heavy (non-hydrogen) atoms. The van der Waals surface area contributed by atoms with Crippen molar-refractivity contribution in [1.29, 1.82) is 0 Å². The van der Waals surface area contributed by atoms with Crippen molar-refractivity contribution in [3.63, 3.8) is 0 Å². The van der Waals surface area contributed by atoms with Crippen molar-refractivity contribution >= 4 is 5.91 Å². The number of aryl methyl sites for hydroxylation is 4. The Morgan fingerprint density at radius 1 is 1.30 bits per heavy atom. The zero-order valence-corrected chi connectivity index (χ0v) is 14.2. The van der Waals surface area contributed by atoms with Crippen molar-refractivity contribution < 1.29 is 4.79 Å². The molecule has 122 valence electrons. The molecule has 0 spiro atoms. The van der Waals surface area contributed by atoms with Crippen LogP contribution >= 0.6 is 0 Å². The average molecular weight is 313 g/mol. The largest absolute Gasteiger partial charge is 0.332 e. The summed E-state index contributed by atoms with van der Waals surface area (Å²) >= 11 is 0. The van der Waals surface area contributed by atoms with E-state index in [1.165, 1.54) is 0 Å². The molecule has 0 bridgehead atoms. The quantitative estimate of drug-likeness (QED) is 0.871. The highest BCUT2D eigenvalue weighted by Gasteiger charge is 2.31. The van der Waals surface area contributed by atoms with Gasteiger partial charge in [-0.1, -0.05) is 6.07 Å². The third-order valence-corrected chi connectivity index (χ3v) is 4.40. The number of nitrogens with zero attached hydrogens (tertiary/aromatic N) is 5. The maximum atomic E-state index is 12.9. The lowest BCUT2D eigenvalue weighted by Crippen LogP contribution is -2.39. The lowest BCUT2D eigenvalue weighted by atomic mass is 10.1. The molecule has 1 aliphatic rings. The summed E-state index contributed by atoms with van der Waals surface area (Å²) in [7, 11) is 0. The molecule has 1 aliphatic heterocycles. The molecule has 1 fully saturated rings. The first kappa shape index (κ1) is 15.6. The van der Waals surface area contributed by atoms with Gasteiger partial charge < -0.3 is 4.90 Å². The number of aromatic nitrogens is 4. The molecule has 6 nitrogen and oxygen atoms in total. The maximum Gasteiger partial charge on any atom is 0.273 e. The van der Waals surface area contributed by atoms with Gasteiger partial charge in [-0.25, -0.2) is 9.67 Å². The molecule has 0 radical (unpaired) electrons. The van der Waals surface area contributed by atoms with E-state index in [0.717, 1.165) is 42.2 Å². The van der Waals surface area contributed by atoms with Crippen LogP contribution in [0.4, 0.5) is 0 Å². The second kappa shape index (κ2) is 6.10. The van der Waals surface area contributed by atoms with Crippen molar-refractivity contribution in [3.8, 4) is 0 Å². The molecule has 0 unspecified atom stereocenters. The van der Waals surface area contributed by atoms with Gasteiger partial charge in [0.25, 0.3) is 5.91 Å². The first-order valence-electron chi connectivity index (χ1n) is 8.08. The van der Waals surface area contributed by atoms with Crippen molar-refractivity contribution in [2.45, 2.75) is 53.1 Å². The molecule has 2 aromatic rings. The van der Waals surface area contributed by atoms with Gasteiger partial charge in [-0.3, -0.25) is 9.78 Å². The van der Waals surface area contributed by atoms with Crippen molar-refractivity contribution in [1.82, 2.24) is 24.6 Å². The van der Waals surface area contributed by atoms with Gasteiger partial charge in [0.1, 0.15) is 17.3 Å². The van der Waals surface area contributed by atoms with Crippen LogP contribution in [-0.4, -0.2) is 43.1 Å². The minimum absolute atomic E-state index is 0.0273. The number of likely N-dealkylation sites (tertiary alicyclic amines) is 1. The Hall–Kier alpha value is -2.24. The van der Waals surface area contributed by atoms with Crippen molar-refractivity contribution in [3.05, 3.63) is 40.7 Å². The molecule has 2 aromatic heterocycles. The number of carbonyl (C=O) groups is 1. The van der Waals surface area contributed by atoms with Gasteiger partial charge in [0.2, 0.25) is 0 Å². The molecule has 0 saturated carbocycles. The Labute approximate surface area is 136 Å². The Balaban J connectivity index is 1.80. The lowest BCUT2D eigenvalue weighted by molar-refractivity contribution is 0.0714. The standard InChI is InChI=1S/C17H23N5O/c1-11-8-12(2)16(18-9-11)17(23)21-7-5-6-15(21)10-22-14(4)19-13(3)20-22/h8-9,15H,5-7,10H2,1-4H3/t15-/m0/s1. The van der Waals surface area contributed by atoms with Crippen LogP contribution in [0.15, 0.2) is 12.3 Å². The number of amides is 1. The van der Waals surface area contributed by atoms with Crippen LogP contribution in [0.5, 0.6) is 0 Å². The Morgan fingerprint density at radius 2 is 2.09 bits per heavy atom. The van der Waals surface area contributed by atoms with Crippen LogP contribution in [0.1, 0.15) is 46.1 Å². The molecule has 0 aliphatic carbocycles. The zero-order valence-electron chi connectivity index (χ0n) is 14.2. The van der Waals surface area contributed by atoms with Gasteiger partial charge >= 0.3 is 0 Å². The SMILES string of the molecule is Cc1cnc(C(=O)N2CCC[C@H]2Cn2nc(C)nc2C)c(C)c1. The van der Waals surface area contributed by atoms with Gasteiger partial charge in [-0.15, -0.1) is 0 Å². The van der Waals surface area contributed by atoms with E-state index in [4.69, 9.17) is 0 Å². The fourth-order valence-corrected chi connectivity index (χ4v) is 3.30. The highest BCUT2D eigenvalue weighted by molar-refractivity contribution is 5.94. The highest BCUT2D eigenvalue weighted by Crippen LogP contribution is 2.22. The Morgan fingerprint density at radius 3 is 2.74 bits per heavy atom. The minimum Gasteiger partial charge on any atom is -0.332 e. The molecule has 0 aromatic carbocycles. The smallest absolute Gasteiger partial charge is 0.273 e. The molecular weight excluding hydrogens is 290 g/mol. The summed E-state index contributed by atoms with van der Waals surface area (Å²) in [6, 6.07) is 2.17. The number of rotatable bonds is 3. The van der Waals surface area contributed by atoms with Crippen LogP contribution in [0.2, 0.25) is 0 Å². The summed E-state index contributed by atoms with van der Waals surface area (Å²) in [6.45, 7) is 9.26. The molecule has 0 N–H and O–H groups in total. The monoisotopic (exact) mass is 313 g/mol. The molecule has 6 heteroatoms. The maximum absolute atomic E-state index is 12.9. The first-order chi connectivity index (χ1) is 11.0. The van der Waals surface area contributed by atoms with E-state index in [9.17, 15) is 4.79 Å². The summed E-state index contributed by atoms with van der Waals surface area (Å²) in [5.41, 5.74) is 2.58. The second-order valence-corrected chi connectivity index (χ2v) is 6.36. The fraction of sp³-hybridized carbons (Fsp3) is 0.529. The topological polar surface area (TPSA) is 63.9 Å². The third kappa shape index (κ3) is 3.11. The normalized spacial score (nSPS) is 17.7. The number of hydrogen-bond acceptors (Lipinski definition) is 4. The Kier molecular flexibility index (Phi) is 4.15. The van der Waals surface area contributed by atoms with Crippen LogP contribution in [0, 0.1) is 27.7 Å². The number of carbonyl (C=O) groups excluding carboxylic acids is 1. The van der Waals surface area contributed by atoms with Gasteiger partial charge in [0.15, 0.2) is 0 Å². The summed E-state index contributed by atoms with van der Waals surface area (Å²) in [5, 5.41) is 4.42. The molecule has 1 amide bonds. The predicted octanol–water partition coefficient (Wildman–Crippen LogP) is 2.21. The fourth-order valence-electron chi connectivity index (χ4n) is 3.30. The highest BCUT2D eigenvalue weighted by atomic mass is 16.2. The average Bonchev–Trinajstić information content (AvgIpc) is 3.05. The van der Waals surface area contributed by atoms with Gasteiger partial charge in [0.05, 0.1) is 12.6 Å². The van der Waals surface area contributed by atoms with Crippen molar-refractivity contribution in [2.75, 3.05) is 6.54 Å². The van der Waals surface area contributed by atoms with E-state index in [-0.39, 0.29) is 11.9 Å². The summed E-state index contributed by atoms with van der Waals surface area (Å²) in [4.78, 5) is 23.5. The van der Waals surface area contributed by atoms with E-state index < -0.39 is 0 Å². The van der Waals surface area contributed by atoms with Crippen LogP contribution < -0.4 is 0 Å². The zero-order chi connectivity index (χ0) is 16.6. The van der Waals surface area contributed by atoms with E-state index >= 15 is 0 Å². The second-order valence-electron chi connectivity index (χ2n) is 6.36. The van der Waals surface area contributed by atoms with Crippen LogP contribution in [0.25, 0.3) is 0 Å². The summed E-state index contributed by atoms with van der Waals surface area (Å²) in [5.74, 6) is 1.69. The predicted molar refractivity (Wildman–Crippen MR) is 87.3 cm³/mol. The lowest BCUT2D eigenvalue weighted by Gasteiger charge is -2.25. The van der Waals surface area contributed by atoms with Crippen LogP contribution in [-0.2, 0) is 6.54 Å². The van der Waals surface area contributed by atoms with E-state index in [2.05, 4.69) is 15.1 Å². The molecule has 3 heterocycles. The molecule has 1 saturated heterocycles.